The van der Waals surface area contributed by atoms with Gasteiger partial charge in [0.05, 0.1) is 9.83 Å². The predicted molar refractivity (Wildman–Crippen MR) is 98.7 cm³/mol. The average Bonchev–Trinajstić information content (AvgIpc) is 2.74. The number of benzene rings is 1. The lowest BCUT2D eigenvalue weighted by molar-refractivity contribution is 0.605. The first-order valence-electron chi connectivity index (χ1n) is 6.47. The third kappa shape index (κ3) is 3.95. The zero-order chi connectivity index (χ0) is 14.7. The molecule has 2 aromatic rings. The fraction of sp³-hybridized carbons (Fsp3) is 0.333. The van der Waals surface area contributed by atoms with Crippen molar-refractivity contribution in [1.82, 2.24) is 5.32 Å². The number of nitrogens with one attached hydrogen (secondary N) is 1. The molecule has 0 bridgehead atoms. The lowest BCUT2D eigenvalue weighted by Gasteiger charge is -2.18. The van der Waals surface area contributed by atoms with Crippen molar-refractivity contribution in [2.45, 2.75) is 26.3 Å². The molecule has 0 saturated heterocycles. The van der Waals surface area contributed by atoms with Gasteiger partial charge in [0.1, 0.15) is 0 Å². The third-order valence-electron chi connectivity index (χ3n) is 3.06. The minimum atomic E-state index is 0.245. The molecule has 0 aliphatic heterocycles. The fourth-order valence-corrected chi connectivity index (χ4v) is 4.46. The van der Waals surface area contributed by atoms with Gasteiger partial charge in [0.25, 0.3) is 0 Å². The zero-order valence-corrected chi connectivity index (χ0v) is 16.9. The van der Waals surface area contributed by atoms with E-state index >= 15 is 0 Å². The van der Waals surface area contributed by atoms with Gasteiger partial charge in [-0.3, -0.25) is 0 Å². The molecule has 0 saturated carbocycles. The topological polar surface area (TPSA) is 12.0 Å². The van der Waals surface area contributed by atoms with Crippen LogP contribution in [-0.2, 0) is 0 Å². The van der Waals surface area contributed by atoms with Crippen molar-refractivity contribution in [1.29, 1.82) is 0 Å². The van der Waals surface area contributed by atoms with Crippen molar-refractivity contribution < 1.29 is 0 Å². The number of hydrogen-bond acceptors (Lipinski definition) is 2. The van der Waals surface area contributed by atoms with E-state index < -0.39 is 0 Å². The molecule has 0 radical (unpaired) electrons. The first-order valence-corrected chi connectivity index (χ1v) is 9.66. The fourth-order valence-electron chi connectivity index (χ4n) is 2.02. The molecule has 1 atom stereocenters. The highest BCUT2D eigenvalue weighted by Crippen LogP contribution is 2.38. The molecule has 0 aliphatic carbocycles. The molecule has 1 N–H and O–H groups in total. The van der Waals surface area contributed by atoms with Crippen LogP contribution in [0.4, 0.5) is 0 Å². The van der Waals surface area contributed by atoms with Gasteiger partial charge in [-0.2, -0.15) is 0 Å². The second-order valence-electron chi connectivity index (χ2n) is 4.67. The molecule has 0 spiro atoms. The molecular formula is C15H16Br3NS. The molecule has 0 fully saturated rings. The van der Waals surface area contributed by atoms with E-state index in [4.69, 9.17) is 0 Å². The van der Waals surface area contributed by atoms with Crippen LogP contribution >= 0.6 is 59.1 Å². The molecular weight excluding hydrogens is 466 g/mol. The summed E-state index contributed by atoms with van der Waals surface area (Å²) in [4.78, 5) is 1.32. The third-order valence-corrected chi connectivity index (χ3v) is 7.27. The highest BCUT2D eigenvalue weighted by molar-refractivity contribution is 9.13. The van der Waals surface area contributed by atoms with Gasteiger partial charge in [-0.1, -0.05) is 35.0 Å². The average molecular weight is 482 g/mol. The maximum absolute atomic E-state index is 3.64. The van der Waals surface area contributed by atoms with E-state index in [0.29, 0.717) is 0 Å². The summed E-state index contributed by atoms with van der Waals surface area (Å²) in [5.74, 6) is 0. The normalized spacial score (nSPS) is 12.7. The Morgan fingerprint density at radius 1 is 1.15 bits per heavy atom. The molecule has 1 aromatic heterocycles. The molecule has 108 valence electrons. The van der Waals surface area contributed by atoms with E-state index in [1.165, 1.54) is 16.0 Å². The summed E-state index contributed by atoms with van der Waals surface area (Å²) in [6.07, 6.45) is 1.12. The molecule has 20 heavy (non-hydrogen) atoms. The van der Waals surface area contributed by atoms with Crippen LogP contribution in [0.5, 0.6) is 0 Å². The summed E-state index contributed by atoms with van der Waals surface area (Å²) in [6.45, 7) is 5.33. The van der Waals surface area contributed by atoms with Gasteiger partial charge >= 0.3 is 0 Å². The number of thiophene rings is 1. The monoisotopic (exact) mass is 479 g/mol. The van der Waals surface area contributed by atoms with E-state index in [1.54, 1.807) is 11.3 Å². The Morgan fingerprint density at radius 3 is 2.45 bits per heavy atom. The lowest BCUT2D eigenvalue weighted by atomic mass is 10.0. The molecule has 0 amide bonds. The Kier molecular flexibility index (Phi) is 6.29. The van der Waals surface area contributed by atoms with Crippen molar-refractivity contribution in [2.75, 3.05) is 6.54 Å². The van der Waals surface area contributed by atoms with Crippen LogP contribution in [0.2, 0.25) is 0 Å². The minimum absolute atomic E-state index is 0.245. The summed E-state index contributed by atoms with van der Waals surface area (Å²) in [7, 11) is 0. The van der Waals surface area contributed by atoms with Gasteiger partial charge in [-0.15, -0.1) is 11.3 Å². The van der Waals surface area contributed by atoms with Crippen molar-refractivity contribution in [2.24, 2.45) is 0 Å². The van der Waals surface area contributed by atoms with E-state index in [-0.39, 0.29) is 6.04 Å². The molecule has 5 heteroatoms. The SMILES string of the molecule is CCCNC(c1ccc(Br)c(C)c1)c1cc(Br)c(Br)s1. The Morgan fingerprint density at radius 2 is 1.90 bits per heavy atom. The quantitative estimate of drug-likeness (QED) is 0.518. The smallest absolute Gasteiger partial charge is 0.0843 e. The van der Waals surface area contributed by atoms with Gasteiger partial charge in [0, 0.05) is 13.8 Å². The van der Waals surface area contributed by atoms with Crippen LogP contribution < -0.4 is 5.32 Å². The number of rotatable bonds is 5. The molecule has 1 heterocycles. The van der Waals surface area contributed by atoms with E-state index in [2.05, 4.69) is 91.2 Å². The summed E-state index contributed by atoms with van der Waals surface area (Å²) in [5.41, 5.74) is 2.57. The highest BCUT2D eigenvalue weighted by atomic mass is 79.9. The van der Waals surface area contributed by atoms with Gasteiger partial charge in [0.15, 0.2) is 0 Å². The number of hydrogen-bond donors (Lipinski definition) is 1. The van der Waals surface area contributed by atoms with Crippen LogP contribution in [0.15, 0.2) is 37.0 Å². The van der Waals surface area contributed by atoms with Crippen LogP contribution in [0.3, 0.4) is 0 Å². The van der Waals surface area contributed by atoms with Gasteiger partial charge < -0.3 is 5.32 Å². The molecule has 0 aliphatic rings. The standard InChI is InChI=1S/C15H16Br3NS/c1-3-6-19-14(13-8-12(17)15(18)20-13)10-4-5-11(16)9(2)7-10/h4-5,7-8,14,19H,3,6H2,1-2H3. The van der Waals surface area contributed by atoms with Crippen LogP contribution in [-0.4, -0.2) is 6.54 Å². The molecule has 2 rings (SSSR count). The maximum Gasteiger partial charge on any atom is 0.0843 e. The van der Waals surface area contributed by atoms with Crippen molar-refractivity contribution in [3.05, 3.63) is 53.0 Å². The van der Waals surface area contributed by atoms with Crippen LogP contribution in [0.25, 0.3) is 0 Å². The van der Waals surface area contributed by atoms with Crippen LogP contribution in [0, 0.1) is 6.92 Å². The van der Waals surface area contributed by atoms with Crippen molar-refractivity contribution >= 4 is 59.1 Å². The summed E-state index contributed by atoms with van der Waals surface area (Å²) < 4.78 is 3.42. The lowest BCUT2D eigenvalue weighted by Crippen LogP contribution is -2.22. The van der Waals surface area contributed by atoms with Gasteiger partial charge in [-0.25, -0.2) is 0 Å². The number of aryl methyl sites for hydroxylation is 1. The first-order chi connectivity index (χ1) is 9.52. The summed E-state index contributed by atoms with van der Waals surface area (Å²) in [6, 6.07) is 9.00. The predicted octanol–water partition coefficient (Wildman–Crippen LogP) is 6.43. The second-order valence-corrected chi connectivity index (χ2v) is 8.78. The Balaban J connectivity index is 2.38. The maximum atomic E-state index is 3.64. The minimum Gasteiger partial charge on any atom is -0.306 e. The van der Waals surface area contributed by atoms with E-state index in [1.807, 2.05) is 0 Å². The highest BCUT2D eigenvalue weighted by Gasteiger charge is 2.17. The van der Waals surface area contributed by atoms with Crippen molar-refractivity contribution in [3.63, 3.8) is 0 Å². The second kappa shape index (κ2) is 7.54. The molecule has 1 aromatic carbocycles. The van der Waals surface area contributed by atoms with Crippen LogP contribution in [0.1, 0.15) is 35.4 Å². The Hall–Kier alpha value is 0.320. The summed E-state index contributed by atoms with van der Waals surface area (Å²) in [5, 5.41) is 3.64. The molecule has 1 nitrogen and oxygen atoms in total. The van der Waals surface area contributed by atoms with E-state index in [0.717, 1.165) is 25.7 Å². The van der Waals surface area contributed by atoms with Gasteiger partial charge in [-0.05, 0) is 75.0 Å². The van der Waals surface area contributed by atoms with E-state index in [9.17, 15) is 0 Å². The zero-order valence-electron chi connectivity index (χ0n) is 11.3. The summed E-state index contributed by atoms with van der Waals surface area (Å²) >= 11 is 12.5. The van der Waals surface area contributed by atoms with Gasteiger partial charge in [0.2, 0.25) is 0 Å². The Bertz CT molecular complexity index is 575. The molecule has 1 unspecified atom stereocenters. The number of halogens is 3. The first kappa shape index (κ1) is 16.7. The Labute approximate surface area is 149 Å². The largest absolute Gasteiger partial charge is 0.306 e. The van der Waals surface area contributed by atoms with Crippen molar-refractivity contribution in [3.8, 4) is 0 Å².